The van der Waals surface area contributed by atoms with Crippen LogP contribution in [0.3, 0.4) is 0 Å². The van der Waals surface area contributed by atoms with Gasteiger partial charge in [0.2, 0.25) is 0 Å². The van der Waals surface area contributed by atoms with Crippen LogP contribution in [0.15, 0.2) is 84.9 Å². The number of benzene rings is 4. The molecule has 4 aromatic rings. The van der Waals surface area contributed by atoms with Crippen LogP contribution in [0.25, 0.3) is 22.3 Å². The Labute approximate surface area is 175 Å². The summed E-state index contributed by atoms with van der Waals surface area (Å²) in [4.78, 5) is 0. The predicted octanol–water partition coefficient (Wildman–Crippen LogP) is 5.61. The van der Waals surface area contributed by atoms with E-state index in [0.717, 1.165) is 0 Å². The second-order valence-corrected chi connectivity index (χ2v) is 9.60. The summed E-state index contributed by atoms with van der Waals surface area (Å²) in [6.07, 6.45) is 0. The van der Waals surface area contributed by atoms with Gasteiger partial charge in [0.25, 0.3) is 0 Å². The van der Waals surface area contributed by atoms with E-state index in [4.69, 9.17) is 0 Å². The second-order valence-electron chi connectivity index (χ2n) is 8.28. The van der Waals surface area contributed by atoms with Gasteiger partial charge in [-0.15, -0.1) is 0 Å². The summed E-state index contributed by atoms with van der Waals surface area (Å²) in [5, 5.41) is 3.01. The van der Waals surface area contributed by atoms with Crippen LogP contribution in [-0.2, 0) is 0 Å². The first kappa shape index (κ1) is 17.0. The standard InChI is InChI=1S/C28H22Si/c1-17-19-9-3-5-11-21(19)23-13-7-15-25(27(17)23)29-26-16-8-14-24-22-12-6-4-10-20(22)18(2)28(24)26/h3-18H,1-2H3. The van der Waals surface area contributed by atoms with Crippen molar-refractivity contribution >= 4 is 19.9 Å². The molecule has 2 atom stereocenters. The molecular formula is C28H22Si. The summed E-state index contributed by atoms with van der Waals surface area (Å²) in [6.45, 7) is 4.74. The molecule has 0 spiro atoms. The molecule has 0 nitrogen and oxygen atoms in total. The molecule has 0 amide bonds. The maximum absolute atomic E-state index is 2.37. The molecule has 0 aromatic heterocycles. The molecule has 0 bridgehead atoms. The van der Waals surface area contributed by atoms with Crippen LogP contribution in [0.2, 0.25) is 0 Å². The Kier molecular flexibility index (Phi) is 3.69. The number of hydrogen-bond donors (Lipinski definition) is 0. The summed E-state index contributed by atoms with van der Waals surface area (Å²) < 4.78 is 0. The molecule has 2 radical (unpaired) electrons. The van der Waals surface area contributed by atoms with Gasteiger partial charge >= 0.3 is 0 Å². The molecule has 0 saturated heterocycles. The van der Waals surface area contributed by atoms with E-state index in [1.165, 1.54) is 54.9 Å². The Hall–Kier alpha value is -2.90. The molecule has 0 aliphatic heterocycles. The zero-order valence-electron chi connectivity index (χ0n) is 16.7. The van der Waals surface area contributed by atoms with E-state index >= 15 is 0 Å². The smallest absolute Gasteiger partial charge is 0.0628 e. The van der Waals surface area contributed by atoms with Crippen molar-refractivity contribution in [3.05, 3.63) is 107 Å². The van der Waals surface area contributed by atoms with E-state index in [2.05, 4.69) is 98.8 Å². The fourth-order valence-corrected chi connectivity index (χ4v) is 7.07. The molecule has 2 unspecified atom stereocenters. The van der Waals surface area contributed by atoms with Gasteiger partial charge in [-0.3, -0.25) is 0 Å². The third kappa shape index (κ3) is 2.37. The molecule has 1 heteroatoms. The summed E-state index contributed by atoms with van der Waals surface area (Å²) in [5.74, 6) is 0.938. The first-order valence-corrected chi connectivity index (χ1v) is 11.5. The van der Waals surface area contributed by atoms with Crippen LogP contribution in [0, 0.1) is 0 Å². The van der Waals surface area contributed by atoms with Crippen LogP contribution in [0.5, 0.6) is 0 Å². The van der Waals surface area contributed by atoms with E-state index < -0.39 is 0 Å². The van der Waals surface area contributed by atoms with Crippen molar-refractivity contribution in [3.63, 3.8) is 0 Å². The molecule has 0 saturated carbocycles. The predicted molar refractivity (Wildman–Crippen MR) is 124 cm³/mol. The molecule has 0 N–H and O–H groups in total. The molecule has 0 fully saturated rings. The zero-order valence-corrected chi connectivity index (χ0v) is 17.7. The molecular weight excluding hydrogens is 364 g/mol. The van der Waals surface area contributed by atoms with Crippen molar-refractivity contribution in [1.82, 2.24) is 0 Å². The highest BCUT2D eigenvalue weighted by molar-refractivity contribution is 6.68. The van der Waals surface area contributed by atoms with Gasteiger partial charge < -0.3 is 0 Å². The van der Waals surface area contributed by atoms with Gasteiger partial charge in [-0.2, -0.15) is 0 Å². The van der Waals surface area contributed by atoms with Gasteiger partial charge in [-0.05, 0) is 44.5 Å². The molecule has 2 aliphatic carbocycles. The highest BCUT2D eigenvalue weighted by Gasteiger charge is 2.30. The molecule has 138 valence electrons. The van der Waals surface area contributed by atoms with Crippen LogP contribution >= 0.6 is 0 Å². The largest absolute Gasteiger partial charge is 0.122 e. The van der Waals surface area contributed by atoms with E-state index in [-0.39, 0.29) is 0 Å². The normalized spacial score (nSPS) is 18.1. The first-order chi connectivity index (χ1) is 14.2. The average molecular weight is 387 g/mol. The lowest BCUT2D eigenvalue weighted by atomic mass is 9.99. The Morgan fingerprint density at radius 2 is 0.897 bits per heavy atom. The van der Waals surface area contributed by atoms with Crippen molar-refractivity contribution in [2.24, 2.45) is 0 Å². The molecule has 0 heterocycles. The number of rotatable bonds is 2. The highest BCUT2D eigenvalue weighted by Crippen LogP contribution is 2.44. The van der Waals surface area contributed by atoms with Crippen molar-refractivity contribution in [3.8, 4) is 22.3 Å². The molecule has 4 aromatic carbocycles. The number of hydrogen-bond acceptors (Lipinski definition) is 0. The van der Waals surface area contributed by atoms with Crippen LogP contribution in [0.4, 0.5) is 0 Å². The Morgan fingerprint density at radius 1 is 0.483 bits per heavy atom. The van der Waals surface area contributed by atoms with Crippen LogP contribution in [-0.4, -0.2) is 9.52 Å². The molecule has 2 aliphatic rings. The lowest BCUT2D eigenvalue weighted by Gasteiger charge is -2.16. The lowest BCUT2D eigenvalue weighted by molar-refractivity contribution is 0.961. The topological polar surface area (TPSA) is 0 Å². The minimum Gasteiger partial charge on any atom is -0.0628 e. The summed E-state index contributed by atoms with van der Waals surface area (Å²) >= 11 is 0. The molecule has 6 rings (SSSR count). The van der Waals surface area contributed by atoms with E-state index in [1.54, 1.807) is 0 Å². The van der Waals surface area contributed by atoms with Gasteiger partial charge in [0.05, 0.1) is 0 Å². The zero-order chi connectivity index (χ0) is 19.5. The van der Waals surface area contributed by atoms with Crippen molar-refractivity contribution < 1.29 is 0 Å². The lowest BCUT2D eigenvalue weighted by Crippen LogP contribution is -2.33. The third-order valence-electron chi connectivity index (χ3n) is 6.78. The van der Waals surface area contributed by atoms with Gasteiger partial charge in [0.15, 0.2) is 0 Å². The Balaban J connectivity index is 1.48. The minimum absolute atomic E-state index is 0.469. The fraction of sp³-hybridized carbons (Fsp3) is 0.143. The highest BCUT2D eigenvalue weighted by atomic mass is 28.2. The van der Waals surface area contributed by atoms with Gasteiger partial charge in [-0.1, -0.05) is 109 Å². The van der Waals surface area contributed by atoms with E-state index in [9.17, 15) is 0 Å². The second kappa shape index (κ2) is 6.30. The van der Waals surface area contributed by atoms with Gasteiger partial charge in [0.1, 0.15) is 9.52 Å². The van der Waals surface area contributed by atoms with Crippen LogP contribution in [0.1, 0.15) is 47.9 Å². The Morgan fingerprint density at radius 3 is 1.38 bits per heavy atom. The monoisotopic (exact) mass is 386 g/mol. The first-order valence-electron chi connectivity index (χ1n) is 10.5. The SMILES string of the molecule is CC1c2ccccc2-c2cccc([Si]c3cccc4c3C(C)c3ccccc3-4)c21. The third-order valence-corrected chi connectivity index (χ3v) is 8.19. The van der Waals surface area contributed by atoms with Crippen molar-refractivity contribution in [2.45, 2.75) is 25.7 Å². The maximum Gasteiger partial charge on any atom is 0.122 e. The van der Waals surface area contributed by atoms with Crippen LogP contribution < -0.4 is 10.4 Å². The van der Waals surface area contributed by atoms with Crippen molar-refractivity contribution in [1.29, 1.82) is 0 Å². The summed E-state index contributed by atoms with van der Waals surface area (Å²) in [6, 6.07) is 31.6. The van der Waals surface area contributed by atoms with Gasteiger partial charge in [-0.25, -0.2) is 0 Å². The average Bonchev–Trinajstić information content (AvgIpc) is 3.23. The minimum atomic E-state index is 0.469. The Bertz CT molecular complexity index is 1170. The quantitative estimate of drug-likeness (QED) is 0.393. The number of fused-ring (bicyclic) bond motifs is 6. The molecule has 29 heavy (non-hydrogen) atoms. The maximum atomic E-state index is 2.37. The van der Waals surface area contributed by atoms with E-state index in [1.807, 2.05) is 0 Å². The summed E-state index contributed by atoms with van der Waals surface area (Å²) in [7, 11) is 0.688. The van der Waals surface area contributed by atoms with Crippen molar-refractivity contribution in [2.75, 3.05) is 0 Å². The van der Waals surface area contributed by atoms with E-state index in [0.29, 0.717) is 21.4 Å². The van der Waals surface area contributed by atoms with Gasteiger partial charge in [0, 0.05) is 11.8 Å². The summed E-state index contributed by atoms with van der Waals surface area (Å²) in [5.41, 5.74) is 11.7. The fourth-order valence-electron chi connectivity index (χ4n) is 5.45.